The third-order valence-electron chi connectivity index (χ3n) is 2.06. The third kappa shape index (κ3) is 6.70. The lowest BCUT2D eigenvalue weighted by Crippen LogP contribution is -2.15. The predicted octanol–water partition coefficient (Wildman–Crippen LogP) is 2.54. The molecule has 2 nitrogen and oxygen atoms in total. The molecule has 1 saturated carbocycles. The lowest BCUT2D eigenvalue weighted by atomic mass is 10.3. The minimum atomic E-state index is 0.00947. The Morgan fingerprint density at radius 1 is 1.50 bits per heavy atom. The zero-order valence-electron chi connectivity index (χ0n) is 9.62. The molecule has 0 atom stereocenters. The smallest absolute Gasteiger partial charge is 0.224 e. The van der Waals surface area contributed by atoms with Crippen molar-refractivity contribution >= 4 is 5.91 Å². The third-order valence-corrected chi connectivity index (χ3v) is 2.06. The fourth-order valence-electron chi connectivity index (χ4n) is 1.03. The molecule has 0 aromatic rings. The van der Waals surface area contributed by atoms with E-state index in [-0.39, 0.29) is 5.91 Å². The van der Waals surface area contributed by atoms with Gasteiger partial charge in [-0.1, -0.05) is 5.92 Å². The van der Waals surface area contributed by atoms with Gasteiger partial charge in [0.2, 0.25) is 5.91 Å². The number of amides is 1. The van der Waals surface area contributed by atoms with Crippen LogP contribution in [0.4, 0.5) is 0 Å². The van der Waals surface area contributed by atoms with Crippen molar-refractivity contribution in [1.82, 2.24) is 5.32 Å². The van der Waals surface area contributed by atoms with Gasteiger partial charge in [-0.25, -0.2) is 0 Å². The zero-order valence-corrected chi connectivity index (χ0v) is 9.62. The van der Waals surface area contributed by atoms with Crippen molar-refractivity contribution < 1.29 is 4.79 Å². The highest BCUT2D eigenvalue weighted by Gasteiger charge is 2.17. The van der Waals surface area contributed by atoms with Crippen LogP contribution in [0.15, 0.2) is 30.2 Å². The van der Waals surface area contributed by atoms with Crippen LogP contribution < -0.4 is 5.32 Å². The highest BCUT2D eigenvalue weighted by molar-refractivity contribution is 5.77. The molecular formula is C14H17NO. The van der Waals surface area contributed by atoms with Gasteiger partial charge < -0.3 is 5.32 Å². The molecule has 0 unspecified atom stereocenters. The first-order valence-electron chi connectivity index (χ1n) is 5.63. The lowest BCUT2D eigenvalue weighted by molar-refractivity contribution is -0.120. The molecule has 1 fully saturated rings. The van der Waals surface area contributed by atoms with E-state index in [2.05, 4.69) is 22.9 Å². The van der Waals surface area contributed by atoms with E-state index >= 15 is 0 Å². The fraction of sp³-hybridized carbons (Fsp3) is 0.429. The summed E-state index contributed by atoms with van der Waals surface area (Å²) in [6.45, 7) is 1.89. The lowest BCUT2D eigenvalue weighted by Gasteiger charge is -1.94. The molecule has 0 saturated heterocycles. The number of allylic oxidation sites excluding steroid dienone is 2. The first-order chi connectivity index (χ1) is 7.83. The van der Waals surface area contributed by atoms with Crippen molar-refractivity contribution in [2.75, 3.05) is 0 Å². The molecule has 1 amide bonds. The topological polar surface area (TPSA) is 29.1 Å². The van der Waals surface area contributed by atoms with Crippen molar-refractivity contribution in [3.05, 3.63) is 30.2 Å². The maximum atomic E-state index is 11.3. The van der Waals surface area contributed by atoms with E-state index in [1.54, 1.807) is 24.4 Å². The molecule has 1 aliphatic rings. The van der Waals surface area contributed by atoms with Gasteiger partial charge in [0.1, 0.15) is 0 Å². The van der Waals surface area contributed by atoms with Crippen LogP contribution in [0.2, 0.25) is 0 Å². The Morgan fingerprint density at radius 2 is 2.31 bits per heavy atom. The first-order valence-corrected chi connectivity index (χ1v) is 5.63. The van der Waals surface area contributed by atoms with Crippen molar-refractivity contribution in [3.8, 4) is 11.8 Å². The normalized spacial score (nSPS) is 13.6. The number of hydrogen-bond acceptors (Lipinski definition) is 1. The maximum Gasteiger partial charge on any atom is 0.224 e. The molecule has 0 aromatic carbocycles. The number of carbonyl (C=O) groups excluding carboxylic acids is 1. The minimum absolute atomic E-state index is 0.00947. The van der Waals surface area contributed by atoms with E-state index < -0.39 is 0 Å². The van der Waals surface area contributed by atoms with Crippen LogP contribution in [-0.4, -0.2) is 5.91 Å². The molecule has 0 bridgehead atoms. The first kappa shape index (κ1) is 12.4. The van der Waals surface area contributed by atoms with E-state index in [0.29, 0.717) is 18.8 Å². The van der Waals surface area contributed by atoms with Crippen molar-refractivity contribution in [2.45, 2.75) is 32.6 Å². The van der Waals surface area contributed by atoms with Crippen molar-refractivity contribution in [1.29, 1.82) is 0 Å². The maximum absolute atomic E-state index is 11.3. The molecule has 1 N–H and O–H groups in total. The van der Waals surface area contributed by atoms with Crippen LogP contribution in [0, 0.1) is 17.8 Å². The second-order valence-corrected chi connectivity index (χ2v) is 3.64. The largest absolute Gasteiger partial charge is 0.333 e. The molecule has 84 valence electrons. The molecule has 1 aliphatic carbocycles. The Hall–Kier alpha value is -1.71. The summed E-state index contributed by atoms with van der Waals surface area (Å²) in [5.74, 6) is 6.79. The molecule has 1 rings (SSSR count). The highest BCUT2D eigenvalue weighted by Crippen LogP contribution is 2.27. The van der Waals surface area contributed by atoms with Gasteiger partial charge in [-0.15, -0.1) is 11.7 Å². The van der Waals surface area contributed by atoms with Gasteiger partial charge in [0, 0.05) is 25.0 Å². The van der Waals surface area contributed by atoms with Gasteiger partial charge in [-0.2, -0.15) is 0 Å². The molecule has 0 heterocycles. The van der Waals surface area contributed by atoms with Crippen LogP contribution in [0.25, 0.3) is 0 Å². The minimum Gasteiger partial charge on any atom is -0.333 e. The second kappa shape index (κ2) is 7.56. The Bertz CT molecular complexity index is 371. The van der Waals surface area contributed by atoms with Gasteiger partial charge in [-0.3, -0.25) is 4.79 Å². The van der Waals surface area contributed by atoms with E-state index in [0.717, 1.165) is 0 Å². The van der Waals surface area contributed by atoms with Gasteiger partial charge >= 0.3 is 0 Å². The Labute approximate surface area is 97.1 Å². The highest BCUT2D eigenvalue weighted by atomic mass is 16.1. The monoisotopic (exact) mass is 215 g/mol. The van der Waals surface area contributed by atoms with Gasteiger partial charge in [0.05, 0.1) is 0 Å². The summed E-state index contributed by atoms with van der Waals surface area (Å²) in [5.41, 5.74) is 2.88. The molecule has 0 spiro atoms. The zero-order chi connectivity index (χ0) is 11.6. The van der Waals surface area contributed by atoms with Gasteiger partial charge in [0.15, 0.2) is 0 Å². The van der Waals surface area contributed by atoms with E-state index in [4.69, 9.17) is 0 Å². The van der Waals surface area contributed by atoms with Gasteiger partial charge in [0.25, 0.3) is 0 Å². The summed E-state index contributed by atoms with van der Waals surface area (Å²) in [7, 11) is 0. The number of rotatable bonds is 4. The summed E-state index contributed by atoms with van der Waals surface area (Å²) in [6.07, 6.45) is 10.5. The van der Waals surface area contributed by atoms with E-state index in [1.165, 1.54) is 12.8 Å². The molecular weight excluding hydrogens is 198 g/mol. The van der Waals surface area contributed by atoms with Crippen LogP contribution in [-0.2, 0) is 4.79 Å². The fourth-order valence-corrected chi connectivity index (χ4v) is 1.03. The van der Waals surface area contributed by atoms with E-state index in [1.807, 2.05) is 6.92 Å². The molecule has 2 heteroatoms. The average molecular weight is 215 g/mol. The van der Waals surface area contributed by atoms with Crippen LogP contribution in [0.1, 0.15) is 32.6 Å². The molecule has 0 aliphatic heterocycles. The summed E-state index contributed by atoms with van der Waals surface area (Å²) in [5, 5.41) is 2.67. The Kier molecular flexibility index (Phi) is 5.84. The number of nitrogens with one attached hydrogen (secondary N) is 1. The molecule has 0 radical (unpaired) electrons. The van der Waals surface area contributed by atoms with Gasteiger partial charge in [-0.05, 0) is 38.0 Å². The predicted molar refractivity (Wildman–Crippen MR) is 65.3 cm³/mol. The Morgan fingerprint density at radius 3 is 3.00 bits per heavy atom. The van der Waals surface area contributed by atoms with Crippen LogP contribution >= 0.6 is 0 Å². The van der Waals surface area contributed by atoms with Crippen molar-refractivity contribution in [2.24, 2.45) is 5.92 Å². The average Bonchev–Trinajstić information content (AvgIpc) is 3.08. The summed E-state index contributed by atoms with van der Waals surface area (Å²) in [4.78, 5) is 11.3. The van der Waals surface area contributed by atoms with Crippen LogP contribution in [0.3, 0.4) is 0 Å². The molecule has 0 aromatic heterocycles. The van der Waals surface area contributed by atoms with Crippen molar-refractivity contribution in [3.63, 3.8) is 0 Å². The van der Waals surface area contributed by atoms with E-state index in [9.17, 15) is 4.79 Å². The summed E-state index contributed by atoms with van der Waals surface area (Å²) < 4.78 is 0. The molecule has 16 heavy (non-hydrogen) atoms. The SMILES string of the molecule is CC=C=C/C=C\NC(=O)CCC#CC1CC1. The Balaban J connectivity index is 2.08. The number of hydrogen-bond donors (Lipinski definition) is 1. The second-order valence-electron chi connectivity index (χ2n) is 3.64. The summed E-state index contributed by atoms with van der Waals surface area (Å²) >= 11 is 0. The summed E-state index contributed by atoms with van der Waals surface area (Å²) in [6, 6.07) is 0. The number of carbonyl (C=O) groups is 1. The standard InChI is InChI=1S/C14H17NO/c1-2-3-4-7-12-15-14(16)9-6-5-8-13-10-11-13/h2,4,7,12-13H,6,9-11H2,1H3,(H,15,16)/b12-7-. The quantitative estimate of drug-likeness (QED) is 0.436. The van der Waals surface area contributed by atoms with Crippen LogP contribution in [0.5, 0.6) is 0 Å².